The highest BCUT2D eigenvalue weighted by Gasteiger charge is 2.39. The molecule has 3 N–H and O–H groups in total. The third-order valence-electron chi connectivity index (χ3n) is 6.13. The molecule has 34 heavy (non-hydrogen) atoms. The summed E-state index contributed by atoms with van der Waals surface area (Å²) in [5, 5.41) is 14.8. The molecule has 2 aromatic carbocycles. The first-order valence-corrected chi connectivity index (χ1v) is 11.5. The highest BCUT2D eigenvalue weighted by atomic mass is 16.5. The van der Waals surface area contributed by atoms with Crippen molar-refractivity contribution in [1.82, 2.24) is 10.6 Å². The number of carbonyl (C=O) groups is 3. The number of benzene rings is 2. The van der Waals surface area contributed by atoms with E-state index < -0.39 is 40.9 Å². The second kappa shape index (κ2) is 9.49. The number of alkyl carbamates (subject to hydrolysis) is 1. The Kier molecular flexibility index (Phi) is 7.05. The van der Waals surface area contributed by atoms with Crippen molar-refractivity contribution < 1.29 is 24.2 Å². The van der Waals surface area contributed by atoms with Gasteiger partial charge in [-0.2, -0.15) is 0 Å². The molecule has 1 unspecified atom stereocenters. The van der Waals surface area contributed by atoms with E-state index >= 15 is 0 Å². The maximum absolute atomic E-state index is 13.0. The first-order valence-electron chi connectivity index (χ1n) is 11.5. The molecule has 0 saturated carbocycles. The molecule has 0 saturated heterocycles. The van der Waals surface area contributed by atoms with Gasteiger partial charge in [-0.25, -0.2) is 9.59 Å². The molecule has 0 spiro atoms. The molecule has 1 aliphatic rings. The van der Waals surface area contributed by atoms with Gasteiger partial charge in [0.25, 0.3) is 0 Å². The Morgan fingerprint density at radius 2 is 1.29 bits per heavy atom. The number of hydrogen-bond donors (Lipinski definition) is 3. The first-order chi connectivity index (χ1) is 15.8. The van der Waals surface area contributed by atoms with E-state index in [-0.39, 0.29) is 12.5 Å². The Labute approximate surface area is 200 Å². The lowest BCUT2D eigenvalue weighted by Crippen LogP contribution is -2.59. The molecule has 7 nitrogen and oxygen atoms in total. The largest absolute Gasteiger partial charge is 0.480 e. The maximum atomic E-state index is 13.0. The number of aliphatic carboxylic acids is 1. The van der Waals surface area contributed by atoms with Crippen molar-refractivity contribution >= 4 is 18.0 Å². The lowest BCUT2D eigenvalue weighted by molar-refractivity contribution is -0.145. The van der Waals surface area contributed by atoms with Crippen molar-refractivity contribution in [2.75, 3.05) is 6.61 Å². The number of carboxylic acid groups (broad SMARTS) is 1. The van der Waals surface area contributed by atoms with Crippen molar-refractivity contribution in [3.63, 3.8) is 0 Å². The first kappa shape index (κ1) is 25.3. The summed E-state index contributed by atoms with van der Waals surface area (Å²) < 4.78 is 5.59. The topological polar surface area (TPSA) is 105 Å². The monoisotopic (exact) mass is 466 g/mol. The van der Waals surface area contributed by atoms with Crippen LogP contribution in [0, 0.1) is 10.8 Å². The molecule has 1 aliphatic carbocycles. The van der Waals surface area contributed by atoms with Crippen LogP contribution in [0.2, 0.25) is 0 Å². The predicted octanol–water partition coefficient (Wildman–Crippen LogP) is 4.56. The summed E-state index contributed by atoms with van der Waals surface area (Å²) in [6.07, 6.45) is -0.723. The van der Waals surface area contributed by atoms with Gasteiger partial charge in [0.1, 0.15) is 18.7 Å². The van der Waals surface area contributed by atoms with E-state index in [1.807, 2.05) is 36.4 Å². The van der Waals surface area contributed by atoms with Gasteiger partial charge in [-0.15, -0.1) is 0 Å². The summed E-state index contributed by atoms with van der Waals surface area (Å²) in [6.45, 7) is 10.7. The lowest BCUT2D eigenvalue weighted by atomic mass is 9.83. The van der Waals surface area contributed by atoms with Gasteiger partial charge in [-0.05, 0) is 33.1 Å². The fourth-order valence-corrected chi connectivity index (χ4v) is 4.31. The molecule has 7 heteroatoms. The van der Waals surface area contributed by atoms with Gasteiger partial charge in [0.15, 0.2) is 0 Å². The van der Waals surface area contributed by atoms with E-state index in [1.54, 1.807) is 41.5 Å². The van der Waals surface area contributed by atoms with Gasteiger partial charge in [-0.3, -0.25) is 4.79 Å². The number of amides is 2. The number of hydrogen-bond acceptors (Lipinski definition) is 4. The number of carbonyl (C=O) groups excluding carboxylic acids is 2. The summed E-state index contributed by atoms with van der Waals surface area (Å²) in [5.41, 5.74) is 3.07. The molecule has 2 amide bonds. The highest BCUT2D eigenvalue weighted by molar-refractivity contribution is 5.90. The molecule has 0 fully saturated rings. The molecule has 3 rings (SSSR count). The van der Waals surface area contributed by atoms with Gasteiger partial charge in [-0.1, -0.05) is 90.1 Å². The fourth-order valence-electron chi connectivity index (χ4n) is 4.31. The van der Waals surface area contributed by atoms with E-state index in [9.17, 15) is 19.5 Å². The van der Waals surface area contributed by atoms with Crippen molar-refractivity contribution in [1.29, 1.82) is 0 Å². The normalized spacial score (nSPS) is 15.0. The number of fused-ring (bicyclic) bond motifs is 3. The van der Waals surface area contributed by atoms with E-state index in [1.165, 1.54) is 0 Å². The van der Waals surface area contributed by atoms with Crippen LogP contribution in [0.3, 0.4) is 0 Å². The summed E-state index contributed by atoms with van der Waals surface area (Å²) >= 11 is 0. The second-order valence-electron chi connectivity index (χ2n) is 10.9. The highest BCUT2D eigenvalue weighted by Crippen LogP contribution is 2.44. The molecule has 0 bridgehead atoms. The third kappa shape index (κ3) is 5.41. The number of rotatable bonds is 6. The minimum absolute atomic E-state index is 0.0997. The Morgan fingerprint density at radius 3 is 1.74 bits per heavy atom. The fraction of sp³-hybridized carbons (Fsp3) is 0.444. The molecule has 2 atom stereocenters. The van der Waals surface area contributed by atoms with Crippen LogP contribution in [0.5, 0.6) is 0 Å². The van der Waals surface area contributed by atoms with Crippen LogP contribution in [0.1, 0.15) is 58.6 Å². The van der Waals surface area contributed by atoms with Gasteiger partial charge >= 0.3 is 12.1 Å². The SMILES string of the molecule is CC(C)(C)C(NC(=O)[C@H](NC(=O)OCC1c2ccccc2-c2ccccc21)C(C)(C)C)C(=O)O. The van der Waals surface area contributed by atoms with Crippen molar-refractivity contribution in [3.05, 3.63) is 59.7 Å². The minimum atomic E-state index is -1.13. The Morgan fingerprint density at radius 1 is 0.824 bits per heavy atom. The molecule has 2 aromatic rings. The Bertz CT molecular complexity index is 1040. The third-order valence-corrected chi connectivity index (χ3v) is 6.13. The summed E-state index contributed by atoms with van der Waals surface area (Å²) in [6, 6.07) is 14.0. The van der Waals surface area contributed by atoms with E-state index in [2.05, 4.69) is 22.8 Å². The van der Waals surface area contributed by atoms with Crippen LogP contribution < -0.4 is 10.6 Å². The molecule has 182 valence electrons. The van der Waals surface area contributed by atoms with Gasteiger partial charge in [0.05, 0.1) is 0 Å². The smallest absolute Gasteiger partial charge is 0.407 e. The van der Waals surface area contributed by atoms with E-state index in [0.717, 1.165) is 22.3 Å². The van der Waals surface area contributed by atoms with Gasteiger partial charge < -0.3 is 20.5 Å². The average molecular weight is 467 g/mol. The Balaban J connectivity index is 1.72. The Hall–Kier alpha value is -3.35. The van der Waals surface area contributed by atoms with E-state index in [4.69, 9.17) is 4.74 Å². The van der Waals surface area contributed by atoms with Gasteiger partial charge in [0, 0.05) is 5.92 Å². The molecular formula is C27H34N2O5. The minimum Gasteiger partial charge on any atom is -0.480 e. The molecule has 0 aromatic heterocycles. The lowest BCUT2D eigenvalue weighted by Gasteiger charge is -2.34. The van der Waals surface area contributed by atoms with Crippen LogP contribution in [0.25, 0.3) is 11.1 Å². The van der Waals surface area contributed by atoms with Gasteiger partial charge in [0.2, 0.25) is 5.91 Å². The zero-order valence-electron chi connectivity index (χ0n) is 20.6. The molecule has 0 aliphatic heterocycles. The van der Waals surface area contributed by atoms with Crippen LogP contribution in [0.15, 0.2) is 48.5 Å². The average Bonchev–Trinajstić information content (AvgIpc) is 3.06. The maximum Gasteiger partial charge on any atom is 0.407 e. The molecule has 0 radical (unpaired) electrons. The predicted molar refractivity (Wildman–Crippen MR) is 130 cm³/mol. The zero-order valence-corrected chi connectivity index (χ0v) is 20.6. The molecule has 0 heterocycles. The summed E-state index contributed by atoms with van der Waals surface area (Å²) in [5.74, 6) is -1.80. The number of carboxylic acids is 1. The zero-order chi connectivity index (χ0) is 25.3. The quantitative estimate of drug-likeness (QED) is 0.579. The molecular weight excluding hydrogens is 432 g/mol. The number of ether oxygens (including phenoxy) is 1. The van der Waals surface area contributed by atoms with Crippen molar-refractivity contribution in [2.45, 2.75) is 59.5 Å². The number of nitrogens with one attached hydrogen (secondary N) is 2. The van der Waals surface area contributed by atoms with Crippen LogP contribution in [-0.2, 0) is 14.3 Å². The van der Waals surface area contributed by atoms with Crippen molar-refractivity contribution in [2.24, 2.45) is 10.8 Å². The van der Waals surface area contributed by atoms with Crippen LogP contribution >= 0.6 is 0 Å². The second-order valence-corrected chi connectivity index (χ2v) is 10.9. The van der Waals surface area contributed by atoms with Crippen molar-refractivity contribution in [3.8, 4) is 11.1 Å². The van der Waals surface area contributed by atoms with Crippen LogP contribution in [-0.4, -0.2) is 41.8 Å². The van der Waals surface area contributed by atoms with Crippen LogP contribution in [0.4, 0.5) is 4.79 Å². The summed E-state index contributed by atoms with van der Waals surface area (Å²) in [7, 11) is 0. The van der Waals surface area contributed by atoms with E-state index in [0.29, 0.717) is 0 Å². The summed E-state index contributed by atoms with van der Waals surface area (Å²) in [4.78, 5) is 37.5. The standard InChI is InChI=1S/C27H34N2O5/c1-26(2,3)21(23(30)28-22(24(31)32)27(4,5)6)29-25(33)34-15-20-18-13-9-7-11-16(18)17-12-8-10-14-19(17)20/h7-14,20-22H,15H2,1-6H3,(H,28,30)(H,29,33)(H,31,32)/t21-,22?/m0/s1.